The van der Waals surface area contributed by atoms with Crippen LogP contribution in [0.4, 0.5) is 0 Å². The van der Waals surface area contributed by atoms with Crippen molar-refractivity contribution in [1.29, 1.82) is 0 Å². The van der Waals surface area contributed by atoms with Crippen molar-refractivity contribution in [3.8, 4) is 0 Å². The molecule has 0 fully saturated rings. The van der Waals surface area contributed by atoms with Gasteiger partial charge >= 0.3 is 0 Å². The smallest absolute Gasteiger partial charge is 0.137 e. The summed E-state index contributed by atoms with van der Waals surface area (Å²) in [5, 5.41) is 0. The topological polar surface area (TPSA) is 13.1 Å². The van der Waals surface area contributed by atoms with Crippen LogP contribution in [0.15, 0.2) is 199 Å². The van der Waals surface area contributed by atoms with Gasteiger partial charge in [0.1, 0.15) is 11.2 Å². The van der Waals surface area contributed by atoms with Gasteiger partial charge in [0.15, 0.2) is 0 Å². The van der Waals surface area contributed by atoms with E-state index in [1.165, 1.54) is 33.4 Å². The number of benzene rings is 7. The molecule has 0 saturated heterocycles. The largest absolute Gasteiger partial charge is 0.457 e. The Morgan fingerprint density at radius 1 is 0.289 bits per heavy atom. The van der Waals surface area contributed by atoms with E-state index in [9.17, 15) is 0 Å². The Bertz CT molecular complexity index is 1770. The van der Waals surface area contributed by atoms with Crippen molar-refractivity contribution in [1.82, 2.24) is 0 Å². The fourth-order valence-corrected chi connectivity index (χ4v) is 7.51. The van der Waals surface area contributed by atoms with Crippen molar-refractivity contribution in [2.24, 2.45) is 0 Å². The van der Waals surface area contributed by atoms with Crippen molar-refractivity contribution in [3.05, 3.63) is 239 Å². The van der Waals surface area contributed by atoms with Gasteiger partial charge in [-0.1, -0.05) is 182 Å². The van der Waals surface area contributed by atoms with Crippen molar-refractivity contribution >= 4 is 11.2 Å². The molecule has 1 heteroatoms. The second-order valence-electron chi connectivity index (χ2n) is 11.6. The lowest BCUT2D eigenvalue weighted by atomic mass is 9.61. The summed E-state index contributed by atoms with van der Waals surface area (Å²) >= 11 is 0. The fourth-order valence-electron chi connectivity index (χ4n) is 7.51. The minimum Gasteiger partial charge on any atom is -0.457 e. The Hall–Kier alpha value is -5.66. The maximum atomic E-state index is 6.89. The first-order chi connectivity index (χ1) is 22.3. The van der Waals surface area contributed by atoms with Crippen LogP contribution in [0.2, 0.25) is 0 Å². The average Bonchev–Trinajstić information content (AvgIpc) is 3.74. The molecule has 0 atom stereocenters. The Morgan fingerprint density at radius 2 is 0.511 bits per heavy atom. The summed E-state index contributed by atoms with van der Waals surface area (Å²) in [4.78, 5) is 0. The van der Waals surface area contributed by atoms with E-state index >= 15 is 0 Å². The van der Waals surface area contributed by atoms with Gasteiger partial charge < -0.3 is 4.42 Å². The first-order valence-electron chi connectivity index (χ1n) is 15.5. The fraction of sp³-hybridized carbons (Fsp3) is 0.0455. The standard InChI is InChI=1S/C44H32O/c1-7-19-33(20-8-1)43(34-21-9-2-10-22-34,35-23-11-3-12-24-35)40-31-39-32-41(42(40)45-39)44(36-25-13-4-14-26-36,37-27-15-5-16-28-37)38-29-17-6-18-30-38/h1-32H. The van der Waals surface area contributed by atoms with Crippen LogP contribution in [0.25, 0.3) is 11.2 Å². The van der Waals surface area contributed by atoms with Crippen LogP contribution in [0, 0.1) is 0 Å². The highest BCUT2D eigenvalue weighted by molar-refractivity contribution is 5.83. The molecule has 0 aliphatic heterocycles. The van der Waals surface area contributed by atoms with Gasteiger partial charge in [0.2, 0.25) is 0 Å². The second-order valence-corrected chi connectivity index (χ2v) is 11.6. The molecule has 0 radical (unpaired) electrons. The van der Waals surface area contributed by atoms with E-state index in [0.29, 0.717) is 0 Å². The minimum absolute atomic E-state index is 0.615. The first kappa shape index (κ1) is 26.9. The van der Waals surface area contributed by atoms with Gasteiger partial charge in [0.05, 0.1) is 10.8 Å². The van der Waals surface area contributed by atoms with Crippen LogP contribution < -0.4 is 0 Å². The molecule has 0 amide bonds. The zero-order valence-corrected chi connectivity index (χ0v) is 24.9. The minimum atomic E-state index is -0.615. The number of rotatable bonds is 8. The van der Waals surface area contributed by atoms with E-state index in [2.05, 4.69) is 194 Å². The van der Waals surface area contributed by atoms with E-state index in [0.717, 1.165) is 22.3 Å². The highest BCUT2D eigenvalue weighted by Crippen LogP contribution is 2.54. The monoisotopic (exact) mass is 576 g/mol. The van der Waals surface area contributed by atoms with Gasteiger partial charge in [0.25, 0.3) is 0 Å². The Morgan fingerprint density at radius 3 is 0.711 bits per heavy atom. The van der Waals surface area contributed by atoms with E-state index in [1.807, 2.05) is 0 Å². The van der Waals surface area contributed by atoms with Crippen LogP contribution in [0.1, 0.15) is 44.5 Å². The lowest BCUT2D eigenvalue weighted by Crippen LogP contribution is -2.34. The second kappa shape index (κ2) is 11.1. The van der Waals surface area contributed by atoms with Gasteiger partial charge in [-0.3, -0.25) is 0 Å². The average molecular weight is 577 g/mol. The summed E-state index contributed by atoms with van der Waals surface area (Å²) in [6.45, 7) is 0. The Balaban J connectivity index is 1.53. The zero-order chi connectivity index (χ0) is 30.1. The van der Waals surface area contributed by atoms with Crippen LogP contribution in [-0.4, -0.2) is 0 Å². The summed E-state index contributed by atoms with van der Waals surface area (Å²) in [6.07, 6.45) is 0. The molecule has 0 spiro atoms. The van der Waals surface area contributed by atoms with Crippen LogP contribution in [0.3, 0.4) is 0 Å². The molecule has 45 heavy (non-hydrogen) atoms. The van der Waals surface area contributed by atoms with Crippen molar-refractivity contribution < 1.29 is 4.42 Å². The molecular weight excluding hydrogens is 544 g/mol. The van der Waals surface area contributed by atoms with Crippen molar-refractivity contribution in [2.75, 3.05) is 0 Å². The van der Waals surface area contributed by atoms with Crippen LogP contribution >= 0.6 is 0 Å². The number of furan rings is 2. The lowest BCUT2D eigenvalue weighted by molar-refractivity contribution is 0.648. The predicted molar refractivity (Wildman–Crippen MR) is 184 cm³/mol. The van der Waals surface area contributed by atoms with E-state index in [-0.39, 0.29) is 0 Å². The maximum Gasteiger partial charge on any atom is 0.137 e. The Kier molecular flexibility index (Phi) is 6.65. The van der Waals surface area contributed by atoms with E-state index in [4.69, 9.17) is 4.42 Å². The molecule has 8 aromatic rings. The molecule has 0 unspecified atom stereocenters. The van der Waals surface area contributed by atoms with Gasteiger partial charge in [-0.25, -0.2) is 0 Å². The molecule has 8 rings (SSSR count). The molecule has 2 bridgehead atoms. The maximum absolute atomic E-state index is 6.89. The molecule has 0 aliphatic rings. The predicted octanol–water partition coefficient (Wildman–Crippen LogP) is 10.6. The third-order valence-electron chi connectivity index (χ3n) is 9.33. The van der Waals surface area contributed by atoms with Gasteiger partial charge in [0, 0.05) is 11.1 Å². The van der Waals surface area contributed by atoms with Crippen molar-refractivity contribution in [2.45, 2.75) is 10.8 Å². The quantitative estimate of drug-likeness (QED) is 0.164. The highest BCUT2D eigenvalue weighted by atomic mass is 16.3. The van der Waals surface area contributed by atoms with Crippen LogP contribution in [-0.2, 0) is 10.8 Å². The molecule has 2 aromatic heterocycles. The van der Waals surface area contributed by atoms with Crippen LogP contribution in [0.5, 0.6) is 0 Å². The van der Waals surface area contributed by atoms with Gasteiger partial charge in [-0.2, -0.15) is 0 Å². The highest BCUT2D eigenvalue weighted by Gasteiger charge is 2.46. The summed E-state index contributed by atoms with van der Waals surface area (Å²) < 4.78 is 6.89. The first-order valence-corrected chi connectivity index (χ1v) is 15.5. The number of fused-ring (bicyclic) bond motifs is 2. The summed E-state index contributed by atoms with van der Waals surface area (Å²) in [6, 6.07) is 69.8. The summed E-state index contributed by atoms with van der Waals surface area (Å²) in [7, 11) is 0. The Labute approximate surface area is 264 Å². The summed E-state index contributed by atoms with van der Waals surface area (Å²) in [5.41, 5.74) is 10.0. The molecular formula is C44H32O. The third kappa shape index (κ3) is 4.16. The van der Waals surface area contributed by atoms with Gasteiger partial charge in [-0.15, -0.1) is 0 Å². The normalized spacial score (nSPS) is 12.0. The number of hydrogen-bond donors (Lipinski definition) is 0. The van der Waals surface area contributed by atoms with Gasteiger partial charge in [-0.05, 0) is 45.5 Å². The molecule has 0 saturated carbocycles. The van der Waals surface area contributed by atoms with Crippen molar-refractivity contribution in [3.63, 3.8) is 0 Å². The zero-order valence-electron chi connectivity index (χ0n) is 24.9. The van der Waals surface area contributed by atoms with E-state index in [1.54, 1.807) is 0 Å². The molecule has 1 nitrogen and oxygen atoms in total. The lowest BCUT2D eigenvalue weighted by Gasteiger charge is -2.39. The summed E-state index contributed by atoms with van der Waals surface area (Å²) in [5.74, 6) is 0. The third-order valence-corrected chi connectivity index (χ3v) is 9.33. The molecule has 0 aliphatic carbocycles. The molecule has 6 aromatic carbocycles. The number of hydrogen-bond acceptors (Lipinski definition) is 1. The molecule has 0 N–H and O–H groups in total. The molecule has 214 valence electrons. The van der Waals surface area contributed by atoms with E-state index < -0.39 is 10.8 Å². The molecule has 2 heterocycles. The SMILES string of the molecule is c1ccc(C(c2ccccc2)(c2ccccc2)c2cc3cc(C(c4ccccc4)(c4ccccc4)c4ccccc4)c2o3)cc1.